The van der Waals surface area contributed by atoms with Crippen molar-refractivity contribution >= 4 is 8.32 Å². The van der Waals surface area contributed by atoms with Crippen LogP contribution in [0.1, 0.15) is 71.1 Å². The lowest BCUT2D eigenvalue weighted by Gasteiger charge is -2.16. The largest absolute Gasteiger partial charge is 0.415 e. The average Bonchev–Trinajstić information content (AvgIpc) is 2.82. The molecule has 0 saturated carbocycles. The van der Waals surface area contributed by atoms with Crippen molar-refractivity contribution in [2.24, 2.45) is 0 Å². The van der Waals surface area contributed by atoms with E-state index in [1.165, 1.54) is 57.8 Å². The highest BCUT2D eigenvalue weighted by Crippen LogP contribution is 2.10. The fourth-order valence-electron chi connectivity index (χ4n) is 3.30. The highest BCUT2D eigenvalue weighted by Gasteiger charge is 2.13. The quantitative estimate of drug-likeness (QED) is 0.0865. The lowest BCUT2D eigenvalue weighted by atomic mass is 10.1. The molecule has 0 atom stereocenters. The van der Waals surface area contributed by atoms with Gasteiger partial charge in [-0.05, 0) is 26.1 Å². The summed E-state index contributed by atoms with van der Waals surface area (Å²) in [7, 11) is -1.43. The zero-order chi connectivity index (χ0) is 25.7. The van der Waals surface area contributed by atoms with Gasteiger partial charge in [-0.3, -0.25) is 0 Å². The summed E-state index contributed by atoms with van der Waals surface area (Å²) in [5, 5.41) is 0. The van der Waals surface area contributed by atoms with Crippen LogP contribution < -0.4 is 0 Å². The van der Waals surface area contributed by atoms with Gasteiger partial charge in [0.2, 0.25) is 0 Å². The van der Waals surface area contributed by atoms with Crippen LogP contribution in [0.5, 0.6) is 0 Å². The number of hydrogen-bond donors (Lipinski definition) is 0. The summed E-state index contributed by atoms with van der Waals surface area (Å²) in [5.41, 5.74) is 0. The van der Waals surface area contributed by atoms with Gasteiger partial charge >= 0.3 is 0 Å². The molecule has 0 rings (SSSR count). The van der Waals surface area contributed by atoms with Crippen molar-refractivity contribution in [1.82, 2.24) is 0 Å². The molecule has 0 aromatic carbocycles. The van der Waals surface area contributed by atoms with Crippen LogP contribution >= 0.6 is 0 Å². The summed E-state index contributed by atoms with van der Waals surface area (Å²) < 4.78 is 38.8. The van der Waals surface area contributed by atoms with Gasteiger partial charge in [0.1, 0.15) is 0 Å². The van der Waals surface area contributed by atoms with E-state index in [4.69, 9.17) is 32.8 Å². The maximum absolute atomic E-state index is 5.72. The summed E-state index contributed by atoms with van der Waals surface area (Å²) in [6.07, 6.45) is 13.5. The van der Waals surface area contributed by atoms with Crippen molar-refractivity contribution in [1.29, 1.82) is 0 Å². The first-order valence-corrected chi connectivity index (χ1v) is 17.6. The van der Waals surface area contributed by atoms with Crippen LogP contribution in [0.25, 0.3) is 0 Å². The zero-order valence-electron chi connectivity index (χ0n) is 23.6. The molecule has 0 amide bonds. The Labute approximate surface area is 218 Å². The predicted octanol–water partition coefficient (Wildman–Crippen LogP) is 5.86. The topological polar surface area (TPSA) is 64.6 Å². The second kappa shape index (κ2) is 28.5. The van der Waals surface area contributed by atoms with Crippen LogP contribution in [0.3, 0.4) is 0 Å². The molecular weight excluding hydrogens is 464 g/mol. The molecule has 7 nitrogen and oxygen atoms in total. The van der Waals surface area contributed by atoms with Gasteiger partial charge < -0.3 is 32.8 Å². The summed E-state index contributed by atoms with van der Waals surface area (Å²) in [5.74, 6) is 0. The van der Waals surface area contributed by atoms with Gasteiger partial charge in [-0.2, -0.15) is 0 Å². The molecule has 0 heterocycles. The molecular formula is C27H58O7Si. The van der Waals surface area contributed by atoms with Crippen molar-refractivity contribution in [3.05, 3.63) is 0 Å². The number of unbranched alkanes of at least 4 members (excludes halogenated alkanes) is 9. The van der Waals surface area contributed by atoms with Gasteiger partial charge in [0, 0.05) is 6.61 Å². The van der Waals surface area contributed by atoms with Gasteiger partial charge in [0.15, 0.2) is 8.32 Å². The summed E-state index contributed by atoms with van der Waals surface area (Å²) in [6.45, 7) is 16.8. The Morgan fingerprint density at radius 3 is 0.971 bits per heavy atom. The van der Waals surface area contributed by atoms with E-state index in [0.29, 0.717) is 79.3 Å². The van der Waals surface area contributed by atoms with Crippen molar-refractivity contribution < 1.29 is 32.8 Å². The molecule has 0 saturated heterocycles. The molecule has 8 heteroatoms. The van der Waals surface area contributed by atoms with Crippen LogP contribution in [0, 0.1) is 0 Å². The predicted molar refractivity (Wildman–Crippen MR) is 146 cm³/mol. The molecule has 0 unspecified atom stereocenters. The van der Waals surface area contributed by atoms with Crippen molar-refractivity contribution in [2.75, 3.05) is 85.9 Å². The Morgan fingerprint density at radius 2 is 0.629 bits per heavy atom. The normalized spacial score (nSPS) is 12.0. The molecule has 0 radical (unpaired) electrons. The molecule has 0 aliphatic carbocycles. The second-order valence-electron chi connectivity index (χ2n) is 9.82. The first kappa shape index (κ1) is 34.9. The van der Waals surface area contributed by atoms with Crippen LogP contribution in [-0.2, 0) is 32.8 Å². The van der Waals surface area contributed by atoms with Gasteiger partial charge in [-0.25, -0.2) is 0 Å². The fourth-order valence-corrected chi connectivity index (χ4v) is 4.00. The SMILES string of the molecule is CCCCCCCCCCCCOCCOCCOCCOCCOCCOCCO[Si](C)(C)C. The highest BCUT2D eigenvalue weighted by molar-refractivity contribution is 6.69. The molecule has 0 fully saturated rings. The van der Waals surface area contributed by atoms with Crippen LogP contribution in [0.2, 0.25) is 19.6 Å². The molecule has 0 N–H and O–H groups in total. The molecule has 0 aromatic heterocycles. The van der Waals surface area contributed by atoms with Crippen LogP contribution in [-0.4, -0.2) is 94.2 Å². The lowest BCUT2D eigenvalue weighted by Crippen LogP contribution is -2.27. The van der Waals surface area contributed by atoms with E-state index >= 15 is 0 Å². The first-order chi connectivity index (χ1) is 17.1. The maximum Gasteiger partial charge on any atom is 0.183 e. The minimum atomic E-state index is -1.43. The summed E-state index contributed by atoms with van der Waals surface area (Å²) in [4.78, 5) is 0. The maximum atomic E-state index is 5.72. The van der Waals surface area contributed by atoms with E-state index in [2.05, 4.69) is 26.6 Å². The fraction of sp³-hybridized carbons (Fsp3) is 1.00. The van der Waals surface area contributed by atoms with Crippen molar-refractivity contribution in [2.45, 2.75) is 90.8 Å². The van der Waals surface area contributed by atoms with Crippen LogP contribution in [0.15, 0.2) is 0 Å². The summed E-state index contributed by atoms with van der Waals surface area (Å²) >= 11 is 0. The Kier molecular flexibility index (Phi) is 28.5. The molecule has 0 bridgehead atoms. The van der Waals surface area contributed by atoms with E-state index in [1.807, 2.05) is 0 Å². The van der Waals surface area contributed by atoms with E-state index in [0.717, 1.165) is 13.0 Å². The van der Waals surface area contributed by atoms with E-state index < -0.39 is 8.32 Å². The minimum absolute atomic E-state index is 0.564. The smallest absolute Gasteiger partial charge is 0.183 e. The monoisotopic (exact) mass is 522 g/mol. The third-order valence-electron chi connectivity index (χ3n) is 5.27. The zero-order valence-corrected chi connectivity index (χ0v) is 24.6. The van der Waals surface area contributed by atoms with Crippen LogP contribution in [0.4, 0.5) is 0 Å². The average molecular weight is 523 g/mol. The lowest BCUT2D eigenvalue weighted by molar-refractivity contribution is -0.0180. The van der Waals surface area contributed by atoms with Crippen molar-refractivity contribution in [3.8, 4) is 0 Å². The summed E-state index contributed by atoms with van der Waals surface area (Å²) in [6, 6.07) is 0. The minimum Gasteiger partial charge on any atom is -0.415 e. The Bertz CT molecular complexity index is 394. The molecule has 0 aliphatic heterocycles. The molecule has 0 aliphatic rings. The molecule has 35 heavy (non-hydrogen) atoms. The third-order valence-corrected chi connectivity index (χ3v) is 6.34. The molecule has 0 aromatic rings. The molecule has 0 spiro atoms. The third kappa shape index (κ3) is 33.9. The van der Waals surface area contributed by atoms with E-state index in [1.54, 1.807) is 0 Å². The Morgan fingerprint density at radius 1 is 0.343 bits per heavy atom. The van der Waals surface area contributed by atoms with Gasteiger partial charge in [0.05, 0.1) is 79.3 Å². The standard InChI is InChI=1S/C27H58O7Si/c1-5-6-7-8-9-10-11-12-13-14-15-28-16-17-29-18-19-30-20-21-31-22-23-32-24-25-33-26-27-34-35(2,3)4/h5-27H2,1-4H3. The van der Waals surface area contributed by atoms with Crippen molar-refractivity contribution in [3.63, 3.8) is 0 Å². The van der Waals surface area contributed by atoms with E-state index in [9.17, 15) is 0 Å². The highest BCUT2D eigenvalue weighted by atomic mass is 28.4. The number of ether oxygens (including phenoxy) is 6. The Hall–Kier alpha value is -0.0631. The molecule has 212 valence electrons. The van der Waals surface area contributed by atoms with Gasteiger partial charge in [-0.1, -0.05) is 64.7 Å². The number of rotatable bonds is 30. The second-order valence-corrected chi connectivity index (χ2v) is 14.3. The van der Waals surface area contributed by atoms with E-state index in [-0.39, 0.29) is 0 Å². The first-order valence-electron chi connectivity index (χ1n) is 14.2. The Balaban J connectivity index is 3.03. The number of hydrogen-bond acceptors (Lipinski definition) is 7. The van der Waals surface area contributed by atoms with Gasteiger partial charge in [0.25, 0.3) is 0 Å². The van der Waals surface area contributed by atoms with Gasteiger partial charge in [-0.15, -0.1) is 0 Å².